The minimum atomic E-state index is -0.386. The Morgan fingerprint density at radius 3 is 1.89 bits per heavy atom. The van der Waals surface area contributed by atoms with Crippen molar-refractivity contribution in [2.45, 2.75) is 37.8 Å². The number of ketones is 1. The van der Waals surface area contributed by atoms with Gasteiger partial charge >= 0.3 is 5.97 Å². The Hall–Kier alpha value is -3.96. The SMILES string of the molecule is O=C1CCCC2=C1C(c1cccc(O)c1)NC(=S)N2.O=C1OCCC2=C1C(c1cccc(O)c1)NC(=S)N2. The summed E-state index contributed by atoms with van der Waals surface area (Å²) in [6.07, 6.45) is 2.90. The second-order valence-corrected chi connectivity index (χ2v) is 10.0. The number of hydrogen-bond donors (Lipinski definition) is 6. The number of carbonyl (C=O) groups excluding carboxylic acids is 2. The Kier molecular flexibility index (Phi) is 7.30. The van der Waals surface area contributed by atoms with Crippen molar-refractivity contribution in [3.8, 4) is 11.5 Å². The molecule has 9 nitrogen and oxygen atoms in total. The number of hydrogen-bond acceptors (Lipinski definition) is 7. The van der Waals surface area contributed by atoms with Gasteiger partial charge in [0.1, 0.15) is 11.5 Å². The Morgan fingerprint density at radius 1 is 0.763 bits per heavy atom. The van der Waals surface area contributed by atoms with Gasteiger partial charge in [-0.3, -0.25) is 4.79 Å². The van der Waals surface area contributed by atoms with Crippen molar-refractivity contribution >= 4 is 46.4 Å². The average molecular weight is 551 g/mol. The van der Waals surface area contributed by atoms with Crippen molar-refractivity contribution < 1.29 is 24.5 Å². The summed E-state index contributed by atoms with van der Waals surface area (Å²) < 4.78 is 5.08. The highest BCUT2D eigenvalue weighted by atomic mass is 32.1. The summed E-state index contributed by atoms with van der Waals surface area (Å²) in [6.45, 7) is 0.361. The van der Waals surface area contributed by atoms with Gasteiger partial charge in [-0.25, -0.2) is 4.79 Å². The number of allylic oxidation sites excluding steroid dienone is 1. The number of ether oxygens (including phenoxy) is 1. The maximum absolute atomic E-state index is 12.2. The van der Waals surface area contributed by atoms with Gasteiger partial charge in [-0.05, 0) is 72.7 Å². The van der Waals surface area contributed by atoms with Gasteiger partial charge in [0.15, 0.2) is 16.0 Å². The summed E-state index contributed by atoms with van der Waals surface area (Å²) in [5.41, 5.74) is 4.64. The first-order valence-electron chi connectivity index (χ1n) is 12.2. The third-order valence-electron chi connectivity index (χ3n) is 6.65. The fourth-order valence-corrected chi connectivity index (χ4v) is 5.48. The van der Waals surface area contributed by atoms with Crippen molar-refractivity contribution in [3.05, 3.63) is 82.2 Å². The number of phenolic OH excluding ortho intramolecular Hbond substituents is 2. The lowest BCUT2D eigenvalue weighted by molar-refractivity contribution is -0.140. The maximum Gasteiger partial charge on any atom is 0.338 e. The minimum absolute atomic E-state index is 0.148. The average Bonchev–Trinajstić information content (AvgIpc) is 2.88. The molecule has 6 N–H and O–H groups in total. The molecule has 0 spiro atoms. The topological polar surface area (TPSA) is 132 Å². The van der Waals surface area contributed by atoms with Crippen molar-refractivity contribution in [2.75, 3.05) is 6.61 Å². The summed E-state index contributed by atoms with van der Waals surface area (Å²) in [7, 11) is 0. The molecule has 2 atom stereocenters. The molecule has 2 aromatic rings. The van der Waals surface area contributed by atoms with E-state index in [1.807, 2.05) is 12.1 Å². The Balaban J connectivity index is 0.000000155. The molecule has 0 aromatic heterocycles. The number of cyclic esters (lactones) is 1. The van der Waals surface area contributed by atoms with Crippen LogP contribution < -0.4 is 21.3 Å². The fraction of sp³-hybridized carbons (Fsp3) is 0.259. The van der Waals surface area contributed by atoms with Crippen LogP contribution in [0.4, 0.5) is 0 Å². The summed E-state index contributed by atoms with van der Waals surface area (Å²) in [4.78, 5) is 24.1. The molecular weight excluding hydrogens is 524 g/mol. The van der Waals surface area contributed by atoms with Gasteiger partial charge in [0.05, 0.1) is 24.3 Å². The predicted molar refractivity (Wildman–Crippen MR) is 148 cm³/mol. The first-order valence-corrected chi connectivity index (χ1v) is 13.0. The van der Waals surface area contributed by atoms with E-state index in [0.29, 0.717) is 35.2 Å². The summed E-state index contributed by atoms with van der Waals surface area (Å²) >= 11 is 10.3. The van der Waals surface area contributed by atoms with Crippen molar-refractivity contribution in [2.24, 2.45) is 0 Å². The molecular formula is C27H26N4O5S2. The molecule has 0 radical (unpaired) electrons. The van der Waals surface area contributed by atoms with Crippen LogP contribution in [0.15, 0.2) is 71.1 Å². The molecule has 0 amide bonds. The van der Waals surface area contributed by atoms with E-state index in [4.69, 9.17) is 29.2 Å². The number of phenols is 2. The van der Waals surface area contributed by atoms with E-state index in [2.05, 4.69) is 21.3 Å². The van der Waals surface area contributed by atoms with Crippen LogP contribution in [0, 0.1) is 0 Å². The van der Waals surface area contributed by atoms with E-state index in [0.717, 1.165) is 40.9 Å². The van der Waals surface area contributed by atoms with Crippen LogP contribution in [0.5, 0.6) is 11.5 Å². The van der Waals surface area contributed by atoms with E-state index in [1.165, 1.54) is 0 Å². The number of Topliss-reactive ketones (excluding diaryl/α,β-unsaturated/α-hetero) is 1. The molecule has 38 heavy (non-hydrogen) atoms. The molecule has 3 heterocycles. The van der Waals surface area contributed by atoms with Gasteiger partial charge in [0.25, 0.3) is 0 Å². The van der Waals surface area contributed by atoms with Crippen molar-refractivity contribution in [3.63, 3.8) is 0 Å². The summed E-state index contributed by atoms with van der Waals surface area (Å²) in [5.74, 6) is 0.137. The van der Waals surface area contributed by atoms with Gasteiger partial charge in [-0.2, -0.15) is 0 Å². The summed E-state index contributed by atoms with van der Waals surface area (Å²) in [6, 6.07) is 13.0. The molecule has 4 aliphatic rings. The first-order chi connectivity index (χ1) is 18.3. The highest BCUT2D eigenvalue weighted by Gasteiger charge is 2.35. The van der Waals surface area contributed by atoms with Gasteiger partial charge < -0.3 is 36.2 Å². The highest BCUT2D eigenvalue weighted by Crippen LogP contribution is 2.34. The molecule has 0 saturated carbocycles. The number of carbonyl (C=O) groups is 2. The zero-order valence-electron chi connectivity index (χ0n) is 20.2. The Morgan fingerprint density at radius 2 is 1.32 bits per heavy atom. The quantitative estimate of drug-likeness (QED) is 0.244. The number of aromatic hydroxyl groups is 2. The monoisotopic (exact) mass is 550 g/mol. The lowest BCUT2D eigenvalue weighted by Gasteiger charge is -2.33. The predicted octanol–water partition coefficient (Wildman–Crippen LogP) is 3.03. The number of thiocarbonyl (C=S) groups is 2. The zero-order chi connectivity index (χ0) is 26.8. The van der Waals surface area contributed by atoms with Crippen LogP contribution in [0.3, 0.4) is 0 Å². The van der Waals surface area contributed by atoms with Gasteiger partial charge in [-0.1, -0.05) is 24.3 Å². The van der Waals surface area contributed by atoms with Gasteiger partial charge in [0, 0.05) is 29.8 Å². The van der Waals surface area contributed by atoms with E-state index in [1.54, 1.807) is 36.4 Å². The molecule has 0 bridgehead atoms. The van der Waals surface area contributed by atoms with E-state index in [9.17, 15) is 19.8 Å². The molecule has 3 aliphatic heterocycles. The normalized spacial score (nSPS) is 22.4. The van der Waals surface area contributed by atoms with Crippen LogP contribution in [0.1, 0.15) is 48.9 Å². The van der Waals surface area contributed by atoms with Crippen LogP contribution in [0.25, 0.3) is 0 Å². The van der Waals surface area contributed by atoms with Crippen molar-refractivity contribution in [1.82, 2.24) is 21.3 Å². The van der Waals surface area contributed by atoms with Gasteiger partial charge in [-0.15, -0.1) is 0 Å². The molecule has 0 saturated heterocycles. The zero-order valence-corrected chi connectivity index (χ0v) is 21.9. The Bertz CT molecular complexity index is 1300. The highest BCUT2D eigenvalue weighted by molar-refractivity contribution is 7.80. The Labute approximate surface area is 230 Å². The number of nitrogens with one attached hydrogen (secondary N) is 4. The van der Waals surface area contributed by atoms with E-state index in [-0.39, 0.29) is 35.3 Å². The molecule has 0 fully saturated rings. The number of esters is 1. The molecule has 196 valence electrons. The van der Waals surface area contributed by atoms with Crippen LogP contribution in [-0.2, 0) is 14.3 Å². The van der Waals surface area contributed by atoms with E-state index >= 15 is 0 Å². The lowest BCUT2D eigenvalue weighted by Crippen LogP contribution is -2.47. The van der Waals surface area contributed by atoms with Crippen LogP contribution in [0.2, 0.25) is 0 Å². The second kappa shape index (κ2) is 10.8. The lowest BCUT2D eigenvalue weighted by atomic mass is 9.85. The van der Waals surface area contributed by atoms with Crippen molar-refractivity contribution in [1.29, 1.82) is 0 Å². The molecule has 2 unspecified atom stereocenters. The van der Waals surface area contributed by atoms with E-state index < -0.39 is 0 Å². The smallest absolute Gasteiger partial charge is 0.338 e. The van der Waals surface area contributed by atoms with Crippen LogP contribution in [-0.4, -0.2) is 38.8 Å². The fourth-order valence-electron chi connectivity index (χ4n) is 4.99. The molecule has 1 aliphatic carbocycles. The second-order valence-electron chi connectivity index (χ2n) is 9.20. The maximum atomic E-state index is 12.2. The third kappa shape index (κ3) is 5.34. The first kappa shape index (κ1) is 25.7. The minimum Gasteiger partial charge on any atom is -0.508 e. The molecule has 2 aromatic carbocycles. The molecule has 6 rings (SSSR count). The molecule has 11 heteroatoms. The largest absolute Gasteiger partial charge is 0.508 e. The van der Waals surface area contributed by atoms with Crippen LogP contribution >= 0.6 is 24.4 Å². The van der Waals surface area contributed by atoms with Gasteiger partial charge in [0.2, 0.25) is 0 Å². The third-order valence-corrected chi connectivity index (χ3v) is 7.09. The standard InChI is InChI=1S/C14H14N2O2S.C13H12N2O3S/c17-9-4-1-3-8(7-9)13-12-10(15-14(19)16-13)5-2-6-11(12)18;16-8-3-1-2-7(6-8)11-10-9(14-13(19)15-11)4-5-18-12(10)17/h1,3-4,7,13,17H,2,5-6H2,(H2,15,16,19);1-3,6,11,16H,4-5H2,(H2,14,15,19). The number of benzene rings is 2. The number of rotatable bonds is 2. The summed E-state index contributed by atoms with van der Waals surface area (Å²) in [5, 5.41) is 32.4.